The number of halogens is 1. The number of aromatic nitrogens is 1. The van der Waals surface area contributed by atoms with Gasteiger partial charge in [0.1, 0.15) is 0 Å². The minimum absolute atomic E-state index is 0.00320. The summed E-state index contributed by atoms with van der Waals surface area (Å²) in [5.41, 5.74) is 5.25. The van der Waals surface area contributed by atoms with Gasteiger partial charge in [-0.3, -0.25) is 4.79 Å². The molecule has 0 saturated heterocycles. The highest BCUT2D eigenvalue weighted by Crippen LogP contribution is 2.65. The lowest BCUT2D eigenvalue weighted by molar-refractivity contribution is -0.116. The summed E-state index contributed by atoms with van der Waals surface area (Å²) < 4.78 is 13.3. The van der Waals surface area contributed by atoms with Crippen molar-refractivity contribution < 1.29 is 9.18 Å². The van der Waals surface area contributed by atoms with E-state index in [1.54, 1.807) is 6.20 Å². The van der Waals surface area contributed by atoms with Gasteiger partial charge in [0.25, 0.3) is 0 Å². The van der Waals surface area contributed by atoms with Crippen molar-refractivity contribution in [2.75, 3.05) is 6.54 Å². The second-order valence-electron chi connectivity index (χ2n) is 9.85. The van der Waals surface area contributed by atoms with Crippen LogP contribution in [0.4, 0.5) is 4.39 Å². The SMILES string of the molecule is CC1C[C@H]2C3=CC=C(c4ccc(F)nc4)[C@@]3(C)CC[C@@H]2[C@@]2(C)CCNC(=O)C=C12. The summed E-state index contributed by atoms with van der Waals surface area (Å²) in [4.78, 5) is 16.1. The minimum Gasteiger partial charge on any atom is -0.353 e. The molecule has 0 radical (unpaired) electrons. The molecular formula is C25H29FN2O. The molecule has 3 aliphatic carbocycles. The highest BCUT2D eigenvalue weighted by Gasteiger charge is 2.55. The van der Waals surface area contributed by atoms with Gasteiger partial charge in [-0.2, -0.15) is 4.39 Å². The first-order valence-corrected chi connectivity index (χ1v) is 10.9. The molecule has 1 aromatic rings. The number of rotatable bonds is 1. The van der Waals surface area contributed by atoms with E-state index in [-0.39, 0.29) is 16.7 Å². The first kappa shape index (κ1) is 18.8. The first-order valence-electron chi connectivity index (χ1n) is 10.9. The van der Waals surface area contributed by atoms with Gasteiger partial charge in [0, 0.05) is 24.2 Å². The molecule has 1 N–H and O–H groups in total. The molecule has 2 saturated carbocycles. The summed E-state index contributed by atoms with van der Waals surface area (Å²) in [5, 5.41) is 3.05. The van der Waals surface area contributed by atoms with Gasteiger partial charge in [-0.05, 0) is 72.1 Å². The lowest BCUT2D eigenvalue weighted by Crippen LogP contribution is -2.48. The molecule has 1 unspecified atom stereocenters. The molecule has 0 spiro atoms. The lowest BCUT2D eigenvalue weighted by Gasteiger charge is -2.56. The zero-order chi connectivity index (χ0) is 20.4. The highest BCUT2D eigenvalue weighted by atomic mass is 19.1. The number of pyridine rings is 1. The molecule has 4 heteroatoms. The second kappa shape index (κ2) is 6.38. The fourth-order valence-electron chi connectivity index (χ4n) is 6.93. The molecule has 1 aliphatic heterocycles. The van der Waals surface area contributed by atoms with Crippen LogP contribution in [0.1, 0.15) is 52.0 Å². The maximum Gasteiger partial charge on any atom is 0.243 e. The topological polar surface area (TPSA) is 42.0 Å². The number of carbonyl (C=O) groups excluding carboxylic acids is 1. The number of allylic oxidation sites excluding steroid dienone is 5. The fraction of sp³-hybridized carbons (Fsp3) is 0.520. The Balaban J connectivity index is 1.51. The highest BCUT2D eigenvalue weighted by molar-refractivity contribution is 5.89. The van der Waals surface area contributed by atoms with Crippen molar-refractivity contribution in [3.63, 3.8) is 0 Å². The number of nitrogens with zero attached hydrogens (tertiary/aromatic N) is 1. The average molecular weight is 393 g/mol. The van der Waals surface area contributed by atoms with Crippen LogP contribution in [0.2, 0.25) is 0 Å². The van der Waals surface area contributed by atoms with Gasteiger partial charge < -0.3 is 5.32 Å². The Labute approximate surface area is 172 Å². The molecule has 29 heavy (non-hydrogen) atoms. The van der Waals surface area contributed by atoms with E-state index in [0.29, 0.717) is 17.8 Å². The zero-order valence-corrected chi connectivity index (χ0v) is 17.5. The van der Waals surface area contributed by atoms with Crippen molar-refractivity contribution >= 4 is 11.5 Å². The Morgan fingerprint density at radius 2 is 2.00 bits per heavy atom. The summed E-state index contributed by atoms with van der Waals surface area (Å²) in [7, 11) is 0. The van der Waals surface area contributed by atoms with Gasteiger partial charge in [0.2, 0.25) is 11.9 Å². The summed E-state index contributed by atoms with van der Waals surface area (Å²) >= 11 is 0. The molecule has 2 fully saturated rings. The quantitative estimate of drug-likeness (QED) is 0.678. The van der Waals surface area contributed by atoms with Crippen molar-refractivity contribution in [2.24, 2.45) is 28.6 Å². The standard InChI is InChI=1S/C25H29FN2O/c1-15-12-17-19-6-5-18(16-4-7-22(26)28-14-16)24(19,2)9-8-20(17)25(3)10-11-27-23(29)13-21(15)25/h4-7,13-15,17,20H,8-12H2,1-3H3,(H,27,29)/t15?,17-,20-,24+,25+/m0/s1. The smallest absolute Gasteiger partial charge is 0.243 e. The number of hydrogen-bond donors (Lipinski definition) is 1. The molecular weight excluding hydrogens is 363 g/mol. The Morgan fingerprint density at radius 3 is 2.76 bits per heavy atom. The average Bonchev–Trinajstić information content (AvgIpc) is 2.94. The Kier molecular flexibility index (Phi) is 4.13. The number of nitrogens with one attached hydrogen (secondary N) is 1. The predicted octanol–water partition coefficient (Wildman–Crippen LogP) is 5.07. The zero-order valence-electron chi connectivity index (χ0n) is 17.5. The Bertz CT molecular complexity index is 960. The van der Waals surface area contributed by atoms with Crippen LogP contribution in [0.3, 0.4) is 0 Å². The third-order valence-corrected chi connectivity index (χ3v) is 8.39. The largest absolute Gasteiger partial charge is 0.353 e. The second-order valence-corrected chi connectivity index (χ2v) is 9.85. The molecule has 0 aromatic carbocycles. The van der Waals surface area contributed by atoms with E-state index in [4.69, 9.17) is 0 Å². The molecule has 3 nitrogen and oxygen atoms in total. The number of fused-ring (bicyclic) bond motifs is 5. The first-order chi connectivity index (χ1) is 13.8. The van der Waals surface area contributed by atoms with Crippen LogP contribution in [0.15, 0.2) is 47.7 Å². The van der Waals surface area contributed by atoms with Crippen molar-refractivity contribution in [3.8, 4) is 0 Å². The van der Waals surface area contributed by atoms with Crippen molar-refractivity contribution in [1.29, 1.82) is 0 Å². The maximum absolute atomic E-state index is 13.3. The predicted molar refractivity (Wildman–Crippen MR) is 112 cm³/mol. The van der Waals surface area contributed by atoms with Crippen LogP contribution < -0.4 is 5.32 Å². The van der Waals surface area contributed by atoms with E-state index in [1.807, 2.05) is 12.1 Å². The summed E-state index contributed by atoms with van der Waals surface area (Å²) in [5.74, 6) is 1.14. The van der Waals surface area contributed by atoms with E-state index in [0.717, 1.165) is 37.8 Å². The van der Waals surface area contributed by atoms with Gasteiger partial charge in [-0.25, -0.2) is 4.98 Å². The summed E-state index contributed by atoms with van der Waals surface area (Å²) in [6.45, 7) is 7.79. The van der Waals surface area contributed by atoms with E-state index < -0.39 is 5.95 Å². The number of carbonyl (C=O) groups is 1. The van der Waals surface area contributed by atoms with E-state index >= 15 is 0 Å². The van der Waals surface area contributed by atoms with Crippen molar-refractivity contribution in [2.45, 2.75) is 46.5 Å². The van der Waals surface area contributed by atoms with Crippen LogP contribution in [0, 0.1) is 34.5 Å². The Hall–Kier alpha value is -2.23. The normalized spacial score (nSPS) is 38.6. The van der Waals surface area contributed by atoms with Crippen LogP contribution in [-0.2, 0) is 4.79 Å². The summed E-state index contributed by atoms with van der Waals surface area (Å²) in [6.07, 6.45) is 12.5. The van der Waals surface area contributed by atoms with E-state index in [2.05, 4.69) is 43.2 Å². The van der Waals surface area contributed by atoms with E-state index in [9.17, 15) is 9.18 Å². The molecule has 2 heterocycles. The van der Waals surface area contributed by atoms with Crippen LogP contribution in [-0.4, -0.2) is 17.4 Å². The van der Waals surface area contributed by atoms with Gasteiger partial charge in [0.15, 0.2) is 0 Å². The van der Waals surface area contributed by atoms with Gasteiger partial charge in [-0.1, -0.05) is 44.1 Å². The minimum atomic E-state index is -0.431. The third kappa shape index (κ3) is 2.68. The van der Waals surface area contributed by atoms with Crippen LogP contribution in [0.5, 0.6) is 0 Å². The van der Waals surface area contributed by atoms with Gasteiger partial charge in [0.05, 0.1) is 0 Å². The van der Waals surface area contributed by atoms with Crippen molar-refractivity contribution in [1.82, 2.24) is 10.3 Å². The maximum atomic E-state index is 13.3. The number of hydrogen-bond acceptors (Lipinski definition) is 2. The lowest BCUT2D eigenvalue weighted by atomic mass is 9.47. The van der Waals surface area contributed by atoms with E-state index in [1.165, 1.54) is 22.8 Å². The fourth-order valence-corrected chi connectivity index (χ4v) is 6.93. The summed E-state index contributed by atoms with van der Waals surface area (Å²) in [6, 6.07) is 3.32. The molecule has 5 rings (SSSR count). The Morgan fingerprint density at radius 1 is 1.17 bits per heavy atom. The monoisotopic (exact) mass is 392 g/mol. The molecule has 4 aliphatic rings. The number of amides is 1. The molecule has 0 bridgehead atoms. The molecule has 1 aromatic heterocycles. The third-order valence-electron chi connectivity index (χ3n) is 8.39. The van der Waals surface area contributed by atoms with Crippen LogP contribution in [0.25, 0.3) is 5.57 Å². The van der Waals surface area contributed by atoms with Gasteiger partial charge >= 0.3 is 0 Å². The van der Waals surface area contributed by atoms with Gasteiger partial charge in [-0.15, -0.1) is 0 Å². The van der Waals surface area contributed by atoms with Crippen LogP contribution >= 0.6 is 0 Å². The molecule has 152 valence electrons. The van der Waals surface area contributed by atoms with Crippen molar-refractivity contribution in [3.05, 3.63) is 59.2 Å². The molecule has 1 amide bonds. The molecule has 5 atom stereocenters.